The van der Waals surface area contributed by atoms with Gasteiger partial charge in [0.25, 0.3) is 5.56 Å². The van der Waals surface area contributed by atoms with Gasteiger partial charge in [-0.15, -0.1) is 0 Å². The molecule has 0 saturated heterocycles. The predicted molar refractivity (Wildman–Crippen MR) is 88.0 cm³/mol. The summed E-state index contributed by atoms with van der Waals surface area (Å²) >= 11 is 0. The molecule has 122 valence electrons. The molecule has 0 unspecified atom stereocenters. The molecule has 0 aliphatic rings. The maximum atomic E-state index is 12.5. The summed E-state index contributed by atoms with van der Waals surface area (Å²) in [7, 11) is 3.03. The number of benzene rings is 1. The van der Waals surface area contributed by atoms with Crippen molar-refractivity contribution < 1.29 is 14.3 Å². The van der Waals surface area contributed by atoms with Crippen LogP contribution in [0, 0.1) is 6.92 Å². The van der Waals surface area contributed by atoms with Gasteiger partial charge in [0.05, 0.1) is 13.7 Å². The number of amides is 1. The Morgan fingerprint density at radius 1 is 1.26 bits per heavy atom. The molecule has 1 N–H and O–H groups in total. The number of aromatic nitrogens is 1. The van der Waals surface area contributed by atoms with E-state index in [1.165, 1.54) is 7.11 Å². The van der Waals surface area contributed by atoms with Crippen LogP contribution in [0.4, 0.5) is 5.69 Å². The number of carbonyl (C=O) groups excluding carboxylic acids is 1. The largest absolute Gasteiger partial charge is 0.497 e. The number of nitrogens with zero attached hydrogens (tertiary/aromatic N) is 1. The standard InChI is InChI=1S/C17H20N2O4/c1-12-7-15(18-16(20)11-22-2)17(21)19(9-12)10-13-5-4-6-14(8-13)23-3/h4-9H,10-11H2,1-3H3,(H,18,20). The lowest BCUT2D eigenvalue weighted by molar-refractivity contribution is -0.119. The maximum absolute atomic E-state index is 12.5. The highest BCUT2D eigenvalue weighted by Gasteiger charge is 2.09. The molecule has 0 saturated carbocycles. The Morgan fingerprint density at radius 3 is 2.74 bits per heavy atom. The summed E-state index contributed by atoms with van der Waals surface area (Å²) in [5.74, 6) is 0.375. The molecule has 2 rings (SSSR count). The molecule has 0 fully saturated rings. The summed E-state index contributed by atoms with van der Waals surface area (Å²) in [5, 5.41) is 2.58. The Balaban J connectivity index is 2.30. The third-order valence-corrected chi connectivity index (χ3v) is 3.26. The van der Waals surface area contributed by atoms with Crippen molar-refractivity contribution in [2.75, 3.05) is 26.1 Å². The lowest BCUT2D eigenvalue weighted by atomic mass is 10.2. The van der Waals surface area contributed by atoms with Crippen molar-refractivity contribution in [3.05, 3.63) is 58.0 Å². The van der Waals surface area contributed by atoms with Crippen LogP contribution in [0.5, 0.6) is 5.75 Å². The molecule has 1 aromatic carbocycles. The van der Waals surface area contributed by atoms with Gasteiger partial charge in [0.15, 0.2) is 0 Å². The molecule has 6 nitrogen and oxygen atoms in total. The Labute approximate surface area is 134 Å². The Kier molecular flexibility index (Phi) is 5.54. The van der Waals surface area contributed by atoms with Crippen molar-refractivity contribution >= 4 is 11.6 Å². The van der Waals surface area contributed by atoms with E-state index in [9.17, 15) is 9.59 Å². The molecule has 2 aromatic rings. The highest BCUT2D eigenvalue weighted by atomic mass is 16.5. The van der Waals surface area contributed by atoms with Gasteiger partial charge in [0, 0.05) is 13.3 Å². The van der Waals surface area contributed by atoms with Crippen LogP contribution in [0.25, 0.3) is 0 Å². The first-order chi connectivity index (χ1) is 11.0. The number of rotatable bonds is 6. The fourth-order valence-electron chi connectivity index (χ4n) is 2.28. The number of methoxy groups -OCH3 is 2. The third kappa shape index (κ3) is 4.43. The zero-order valence-electron chi connectivity index (χ0n) is 13.5. The highest BCUT2D eigenvalue weighted by molar-refractivity contribution is 5.91. The van der Waals surface area contributed by atoms with Gasteiger partial charge in [-0.05, 0) is 36.2 Å². The lowest BCUT2D eigenvalue weighted by Gasteiger charge is -2.12. The third-order valence-electron chi connectivity index (χ3n) is 3.26. The molecule has 0 aliphatic heterocycles. The normalized spacial score (nSPS) is 10.4. The van der Waals surface area contributed by atoms with Crippen LogP contribution in [0.15, 0.2) is 41.3 Å². The Bertz CT molecular complexity index is 752. The van der Waals surface area contributed by atoms with Gasteiger partial charge in [-0.1, -0.05) is 12.1 Å². The summed E-state index contributed by atoms with van der Waals surface area (Å²) < 4.78 is 11.5. The van der Waals surface area contributed by atoms with Crippen molar-refractivity contribution in [1.29, 1.82) is 0 Å². The first kappa shape index (κ1) is 16.8. The second-order valence-electron chi connectivity index (χ2n) is 5.20. The Hall–Kier alpha value is -2.60. The van der Waals surface area contributed by atoms with Crippen LogP contribution in [0.1, 0.15) is 11.1 Å². The van der Waals surface area contributed by atoms with E-state index in [4.69, 9.17) is 9.47 Å². The van der Waals surface area contributed by atoms with E-state index in [0.717, 1.165) is 16.9 Å². The Morgan fingerprint density at radius 2 is 2.04 bits per heavy atom. The maximum Gasteiger partial charge on any atom is 0.274 e. The first-order valence-corrected chi connectivity index (χ1v) is 7.16. The molecule has 1 heterocycles. The highest BCUT2D eigenvalue weighted by Crippen LogP contribution is 2.14. The number of hydrogen-bond acceptors (Lipinski definition) is 4. The number of pyridine rings is 1. The molecule has 0 aliphatic carbocycles. The molecule has 23 heavy (non-hydrogen) atoms. The molecule has 0 atom stereocenters. The van der Waals surface area contributed by atoms with Crippen molar-refractivity contribution in [1.82, 2.24) is 4.57 Å². The number of anilines is 1. The fraction of sp³-hybridized carbons (Fsp3) is 0.294. The van der Waals surface area contributed by atoms with Crippen molar-refractivity contribution in [2.45, 2.75) is 13.5 Å². The van der Waals surface area contributed by atoms with Crippen molar-refractivity contribution in [3.63, 3.8) is 0 Å². The summed E-state index contributed by atoms with van der Waals surface area (Å²) in [6.45, 7) is 2.17. The van der Waals surface area contributed by atoms with Gasteiger partial charge in [-0.2, -0.15) is 0 Å². The topological polar surface area (TPSA) is 69.6 Å². The van der Waals surface area contributed by atoms with E-state index in [1.54, 1.807) is 23.9 Å². The number of hydrogen-bond donors (Lipinski definition) is 1. The van der Waals surface area contributed by atoms with Crippen LogP contribution in [0.2, 0.25) is 0 Å². The number of carbonyl (C=O) groups is 1. The van der Waals surface area contributed by atoms with Crippen molar-refractivity contribution in [2.24, 2.45) is 0 Å². The molecular formula is C17H20N2O4. The SMILES string of the molecule is COCC(=O)Nc1cc(C)cn(Cc2cccc(OC)c2)c1=O. The van der Waals surface area contributed by atoms with E-state index in [1.807, 2.05) is 31.2 Å². The van der Waals surface area contributed by atoms with Crippen LogP contribution < -0.4 is 15.6 Å². The molecule has 1 amide bonds. The van der Waals surface area contributed by atoms with Gasteiger partial charge < -0.3 is 19.4 Å². The molecule has 0 spiro atoms. The van der Waals surface area contributed by atoms with Gasteiger partial charge >= 0.3 is 0 Å². The minimum Gasteiger partial charge on any atom is -0.497 e. The van der Waals surface area contributed by atoms with E-state index >= 15 is 0 Å². The van der Waals surface area contributed by atoms with Gasteiger partial charge in [0.2, 0.25) is 5.91 Å². The number of nitrogens with one attached hydrogen (secondary N) is 1. The average Bonchev–Trinajstić information content (AvgIpc) is 2.52. The van der Waals surface area contributed by atoms with Crippen LogP contribution in [0.3, 0.4) is 0 Å². The van der Waals surface area contributed by atoms with E-state index in [0.29, 0.717) is 6.54 Å². The summed E-state index contributed by atoms with van der Waals surface area (Å²) in [4.78, 5) is 24.1. The van der Waals surface area contributed by atoms with Gasteiger partial charge in [0.1, 0.15) is 18.0 Å². The van der Waals surface area contributed by atoms with Crippen molar-refractivity contribution in [3.8, 4) is 5.75 Å². The minimum absolute atomic E-state index is 0.0940. The van der Waals surface area contributed by atoms with Gasteiger partial charge in [-0.3, -0.25) is 9.59 Å². The zero-order valence-corrected chi connectivity index (χ0v) is 13.5. The van der Waals surface area contributed by atoms with E-state index < -0.39 is 0 Å². The summed E-state index contributed by atoms with van der Waals surface area (Å²) in [6.07, 6.45) is 1.76. The predicted octanol–water partition coefficient (Wildman–Crippen LogP) is 1.80. The average molecular weight is 316 g/mol. The first-order valence-electron chi connectivity index (χ1n) is 7.16. The lowest BCUT2D eigenvalue weighted by Crippen LogP contribution is -2.27. The number of ether oxygens (including phenoxy) is 2. The molecule has 0 bridgehead atoms. The van der Waals surface area contributed by atoms with Crippen LogP contribution >= 0.6 is 0 Å². The monoisotopic (exact) mass is 316 g/mol. The summed E-state index contributed by atoms with van der Waals surface area (Å²) in [6, 6.07) is 9.16. The molecule has 1 aromatic heterocycles. The fourth-order valence-corrected chi connectivity index (χ4v) is 2.28. The number of aryl methyl sites for hydroxylation is 1. The smallest absolute Gasteiger partial charge is 0.274 e. The quantitative estimate of drug-likeness (QED) is 0.882. The second kappa shape index (κ2) is 7.60. The van der Waals surface area contributed by atoms with Crippen LogP contribution in [-0.2, 0) is 16.1 Å². The molecule has 6 heteroatoms. The second-order valence-corrected chi connectivity index (χ2v) is 5.20. The minimum atomic E-state index is -0.358. The zero-order chi connectivity index (χ0) is 16.8. The molecular weight excluding hydrogens is 296 g/mol. The van der Waals surface area contributed by atoms with E-state index in [2.05, 4.69) is 5.32 Å². The van der Waals surface area contributed by atoms with E-state index in [-0.39, 0.29) is 23.8 Å². The summed E-state index contributed by atoms with van der Waals surface area (Å²) in [5.41, 5.74) is 1.80. The van der Waals surface area contributed by atoms with Gasteiger partial charge in [-0.25, -0.2) is 0 Å². The molecule has 0 radical (unpaired) electrons. The van der Waals surface area contributed by atoms with Crippen LogP contribution in [-0.4, -0.2) is 31.3 Å².